The van der Waals surface area contributed by atoms with Gasteiger partial charge in [-0.1, -0.05) is 60.2 Å². The average molecular weight is 509 g/mol. The van der Waals surface area contributed by atoms with Crippen molar-refractivity contribution in [3.05, 3.63) is 101 Å². The van der Waals surface area contributed by atoms with Crippen LogP contribution in [0.1, 0.15) is 38.8 Å². The summed E-state index contributed by atoms with van der Waals surface area (Å²) >= 11 is 0. The standard InChI is InChI=1S/C29H24N4O5/c1-16-10-12-17(13-11-16)26-25-20(18-6-2-4-8-21(18)31-25)14-23-28(37)33(29(38)32(23)26)22-9-5-3-7-19(22)27(36)30-15-24(34)35/h2-13,23,26,31H,14-15H2,1H3,(H,30,36)(H,34,35)/t23-,26?/m0/s1. The topological polar surface area (TPSA) is 123 Å². The fourth-order valence-corrected chi connectivity index (χ4v) is 5.50. The summed E-state index contributed by atoms with van der Waals surface area (Å²) in [6, 6.07) is 20.1. The number of amides is 4. The van der Waals surface area contributed by atoms with Crippen LogP contribution in [0.4, 0.5) is 10.5 Å². The third kappa shape index (κ3) is 3.62. The second-order valence-corrected chi connectivity index (χ2v) is 9.55. The van der Waals surface area contributed by atoms with Gasteiger partial charge >= 0.3 is 12.0 Å². The smallest absolute Gasteiger partial charge is 0.332 e. The molecule has 9 heteroatoms. The van der Waals surface area contributed by atoms with Crippen molar-refractivity contribution in [2.45, 2.75) is 25.4 Å². The zero-order chi connectivity index (χ0) is 26.6. The number of carbonyl (C=O) groups is 4. The highest BCUT2D eigenvalue weighted by atomic mass is 16.4. The van der Waals surface area contributed by atoms with Crippen molar-refractivity contribution in [2.24, 2.45) is 0 Å². The number of urea groups is 1. The molecule has 3 heterocycles. The molecule has 1 aromatic heterocycles. The van der Waals surface area contributed by atoms with Crippen LogP contribution in [0.25, 0.3) is 10.9 Å². The number of fused-ring (bicyclic) bond motifs is 4. The molecule has 0 aliphatic carbocycles. The molecular formula is C29H24N4O5. The SMILES string of the molecule is Cc1ccc(C2c3[nH]c4ccccc4c3C[C@H]3C(=O)N(c4ccccc4C(=O)NCC(=O)O)C(=O)N23)cc1. The number of carbonyl (C=O) groups excluding carboxylic acids is 3. The van der Waals surface area contributed by atoms with E-state index in [9.17, 15) is 19.2 Å². The molecule has 0 spiro atoms. The number of nitrogens with zero attached hydrogens (tertiary/aromatic N) is 2. The number of aliphatic carboxylic acids is 1. The molecule has 3 N–H and O–H groups in total. The van der Waals surface area contributed by atoms with E-state index in [-0.39, 0.29) is 11.3 Å². The molecule has 1 fully saturated rings. The number of imide groups is 1. The van der Waals surface area contributed by atoms with Crippen LogP contribution in [0.5, 0.6) is 0 Å². The number of carboxylic acids is 1. The van der Waals surface area contributed by atoms with Crippen LogP contribution in [-0.2, 0) is 16.0 Å². The number of nitrogens with one attached hydrogen (secondary N) is 2. The van der Waals surface area contributed by atoms with E-state index in [1.165, 1.54) is 12.1 Å². The highest BCUT2D eigenvalue weighted by Crippen LogP contribution is 2.45. The quantitative estimate of drug-likeness (QED) is 0.354. The second-order valence-electron chi connectivity index (χ2n) is 9.55. The monoisotopic (exact) mass is 508 g/mol. The first-order valence-electron chi connectivity index (χ1n) is 12.3. The number of anilines is 1. The van der Waals surface area contributed by atoms with Gasteiger partial charge in [-0.3, -0.25) is 19.3 Å². The zero-order valence-electron chi connectivity index (χ0n) is 20.5. The predicted molar refractivity (Wildman–Crippen MR) is 140 cm³/mol. The van der Waals surface area contributed by atoms with E-state index in [0.717, 1.165) is 38.2 Å². The third-order valence-electron chi connectivity index (χ3n) is 7.23. The van der Waals surface area contributed by atoms with Crippen molar-refractivity contribution >= 4 is 40.4 Å². The van der Waals surface area contributed by atoms with Crippen LogP contribution >= 0.6 is 0 Å². The van der Waals surface area contributed by atoms with Gasteiger partial charge in [0.2, 0.25) is 0 Å². The maximum atomic E-state index is 14.1. The highest BCUT2D eigenvalue weighted by Gasteiger charge is 2.53. The molecule has 4 amide bonds. The Hall–Kier alpha value is -4.92. The van der Waals surface area contributed by atoms with Gasteiger partial charge in [-0.2, -0.15) is 0 Å². The minimum atomic E-state index is -1.20. The molecule has 190 valence electrons. The van der Waals surface area contributed by atoms with Crippen molar-refractivity contribution in [3.8, 4) is 0 Å². The van der Waals surface area contributed by atoms with E-state index in [4.69, 9.17) is 5.11 Å². The number of benzene rings is 3. The molecular weight excluding hydrogens is 484 g/mol. The number of aryl methyl sites for hydroxylation is 1. The number of para-hydroxylation sites is 2. The van der Waals surface area contributed by atoms with Gasteiger partial charge in [0.15, 0.2) is 0 Å². The van der Waals surface area contributed by atoms with Gasteiger partial charge in [-0.05, 0) is 36.2 Å². The summed E-state index contributed by atoms with van der Waals surface area (Å²) in [4.78, 5) is 57.9. The molecule has 2 aliphatic heterocycles. The third-order valence-corrected chi connectivity index (χ3v) is 7.23. The fraction of sp³-hybridized carbons (Fsp3) is 0.172. The molecule has 38 heavy (non-hydrogen) atoms. The van der Waals surface area contributed by atoms with Crippen molar-refractivity contribution in [1.82, 2.24) is 15.2 Å². The normalized spacial score (nSPS) is 18.4. The average Bonchev–Trinajstić information content (AvgIpc) is 3.41. The lowest BCUT2D eigenvalue weighted by molar-refractivity contribution is -0.135. The van der Waals surface area contributed by atoms with Gasteiger partial charge in [-0.25, -0.2) is 9.69 Å². The van der Waals surface area contributed by atoms with Crippen LogP contribution in [0, 0.1) is 6.92 Å². The first kappa shape index (κ1) is 23.5. The Balaban J connectivity index is 1.47. The molecule has 1 unspecified atom stereocenters. The maximum Gasteiger partial charge on any atom is 0.332 e. The number of rotatable bonds is 5. The van der Waals surface area contributed by atoms with Crippen molar-refractivity contribution < 1.29 is 24.3 Å². The predicted octanol–water partition coefficient (Wildman–Crippen LogP) is 3.77. The Morgan fingerprint density at radius 3 is 2.47 bits per heavy atom. The summed E-state index contributed by atoms with van der Waals surface area (Å²) in [6.45, 7) is 1.40. The molecule has 2 atom stereocenters. The van der Waals surface area contributed by atoms with E-state index in [1.54, 1.807) is 17.0 Å². The summed E-state index contributed by atoms with van der Waals surface area (Å²) in [5.74, 6) is -2.31. The van der Waals surface area contributed by atoms with Gasteiger partial charge in [0, 0.05) is 23.0 Å². The Labute approximate surface area is 217 Å². The summed E-state index contributed by atoms with van der Waals surface area (Å²) < 4.78 is 0. The maximum absolute atomic E-state index is 14.1. The number of carboxylic acid groups (broad SMARTS) is 1. The summed E-state index contributed by atoms with van der Waals surface area (Å²) in [5.41, 5.74) is 4.90. The van der Waals surface area contributed by atoms with Gasteiger partial charge in [0.1, 0.15) is 18.6 Å². The number of aromatic nitrogens is 1. The molecule has 0 saturated carbocycles. The van der Waals surface area contributed by atoms with E-state index in [1.807, 2.05) is 55.5 Å². The lowest BCUT2D eigenvalue weighted by Gasteiger charge is -2.36. The summed E-state index contributed by atoms with van der Waals surface area (Å²) in [6.07, 6.45) is 0.330. The highest BCUT2D eigenvalue weighted by molar-refractivity contribution is 6.24. The van der Waals surface area contributed by atoms with Gasteiger partial charge in [0.25, 0.3) is 11.8 Å². The van der Waals surface area contributed by atoms with Crippen molar-refractivity contribution in [3.63, 3.8) is 0 Å². The Morgan fingerprint density at radius 2 is 1.71 bits per heavy atom. The number of hydrogen-bond acceptors (Lipinski definition) is 4. The Kier molecular flexibility index (Phi) is 5.48. The van der Waals surface area contributed by atoms with Crippen LogP contribution in [0.3, 0.4) is 0 Å². The van der Waals surface area contributed by atoms with E-state index >= 15 is 0 Å². The number of hydrogen-bond donors (Lipinski definition) is 3. The molecule has 1 saturated heterocycles. The van der Waals surface area contributed by atoms with Gasteiger partial charge in [0.05, 0.1) is 11.3 Å². The molecule has 3 aromatic carbocycles. The molecule has 4 aromatic rings. The van der Waals surface area contributed by atoms with Crippen LogP contribution in [-0.4, -0.2) is 51.4 Å². The molecule has 9 nitrogen and oxygen atoms in total. The van der Waals surface area contributed by atoms with Gasteiger partial charge < -0.3 is 15.4 Å². The molecule has 0 bridgehead atoms. The second kappa shape index (κ2) is 8.88. The zero-order valence-corrected chi connectivity index (χ0v) is 20.5. The first-order valence-corrected chi connectivity index (χ1v) is 12.3. The van der Waals surface area contributed by atoms with Crippen LogP contribution in [0.15, 0.2) is 72.8 Å². The Bertz CT molecular complexity index is 1620. The minimum absolute atomic E-state index is 0.0474. The summed E-state index contributed by atoms with van der Waals surface area (Å²) in [5, 5.41) is 12.3. The molecule has 2 aliphatic rings. The van der Waals surface area contributed by atoms with E-state index in [2.05, 4.69) is 10.3 Å². The first-order chi connectivity index (χ1) is 18.3. The van der Waals surface area contributed by atoms with E-state index in [0.29, 0.717) is 6.42 Å². The number of H-pyrrole nitrogens is 1. The molecule has 0 radical (unpaired) electrons. The largest absolute Gasteiger partial charge is 0.480 e. The summed E-state index contributed by atoms with van der Waals surface area (Å²) in [7, 11) is 0. The lowest BCUT2D eigenvalue weighted by Crippen LogP contribution is -2.44. The van der Waals surface area contributed by atoms with Crippen LogP contribution in [0.2, 0.25) is 0 Å². The van der Waals surface area contributed by atoms with Crippen molar-refractivity contribution in [1.29, 1.82) is 0 Å². The van der Waals surface area contributed by atoms with Crippen molar-refractivity contribution in [2.75, 3.05) is 11.4 Å². The van der Waals surface area contributed by atoms with E-state index < -0.39 is 42.4 Å². The van der Waals surface area contributed by atoms with Crippen LogP contribution < -0.4 is 10.2 Å². The Morgan fingerprint density at radius 1 is 1.00 bits per heavy atom. The fourth-order valence-electron chi connectivity index (χ4n) is 5.50. The minimum Gasteiger partial charge on any atom is -0.480 e. The van der Waals surface area contributed by atoms with Gasteiger partial charge in [-0.15, -0.1) is 0 Å². The number of aromatic amines is 1. The molecule has 6 rings (SSSR count). The lowest BCUT2D eigenvalue weighted by atomic mass is 9.88.